The zero-order valence-corrected chi connectivity index (χ0v) is 16.5. The summed E-state index contributed by atoms with van der Waals surface area (Å²) in [5, 5.41) is 3.45. The van der Waals surface area contributed by atoms with Gasteiger partial charge >= 0.3 is 0 Å². The quantitative estimate of drug-likeness (QED) is 0.631. The fourth-order valence-electron chi connectivity index (χ4n) is 3.12. The van der Waals surface area contributed by atoms with Crippen LogP contribution in [0.2, 0.25) is 0 Å². The minimum absolute atomic E-state index is 0.0177. The first kappa shape index (κ1) is 19.4. The average Bonchev–Trinajstić information content (AvgIpc) is 2.66. The number of amides is 2. The molecule has 0 aliphatic carbocycles. The predicted molar refractivity (Wildman–Crippen MR) is 107 cm³/mol. The summed E-state index contributed by atoms with van der Waals surface area (Å²) < 4.78 is 0. The zero-order chi connectivity index (χ0) is 19.2. The number of aryl methyl sites for hydroxylation is 2. The first-order chi connectivity index (χ1) is 13.0. The average molecular weight is 385 g/mol. The largest absolute Gasteiger partial charge is 0.339 e. The summed E-state index contributed by atoms with van der Waals surface area (Å²) >= 11 is 1.29. The van der Waals surface area contributed by atoms with Crippen molar-refractivity contribution in [3.8, 4) is 0 Å². The minimum atomic E-state index is -0.179. The molecule has 0 radical (unpaired) electrons. The van der Waals surface area contributed by atoms with E-state index in [4.69, 9.17) is 0 Å². The molecule has 1 aliphatic heterocycles. The van der Waals surface area contributed by atoms with Crippen molar-refractivity contribution in [2.24, 2.45) is 0 Å². The Morgan fingerprint density at radius 1 is 1.07 bits per heavy atom. The Labute approximate surface area is 163 Å². The van der Waals surface area contributed by atoms with E-state index in [-0.39, 0.29) is 17.6 Å². The molecule has 27 heavy (non-hydrogen) atoms. The molecule has 2 amide bonds. The Morgan fingerprint density at radius 3 is 2.44 bits per heavy atom. The van der Waals surface area contributed by atoms with Crippen LogP contribution < -0.4 is 5.32 Å². The van der Waals surface area contributed by atoms with E-state index in [0.29, 0.717) is 16.4 Å². The Balaban J connectivity index is 1.64. The summed E-state index contributed by atoms with van der Waals surface area (Å²) in [6.45, 7) is 5.37. The third kappa shape index (κ3) is 5.29. The fraction of sp³-hybridized carbons (Fsp3) is 0.400. The van der Waals surface area contributed by atoms with Crippen LogP contribution >= 0.6 is 11.8 Å². The number of carbonyl (C=O) groups is 2. The number of nitrogens with one attached hydrogen (secondary N) is 1. The molecule has 1 saturated heterocycles. The van der Waals surface area contributed by atoms with E-state index in [1.807, 2.05) is 36.9 Å². The Morgan fingerprint density at radius 2 is 1.74 bits per heavy atom. The summed E-state index contributed by atoms with van der Waals surface area (Å²) in [6.07, 6.45) is 3.24. The van der Waals surface area contributed by atoms with Gasteiger partial charge in [-0.25, -0.2) is 9.97 Å². The first-order valence-electron chi connectivity index (χ1n) is 9.16. The second-order valence-corrected chi connectivity index (χ2v) is 7.61. The number of thioether (sulfide) groups is 1. The lowest BCUT2D eigenvalue weighted by atomic mass is 10.1. The van der Waals surface area contributed by atoms with Gasteiger partial charge in [0.2, 0.25) is 5.91 Å². The number of aromatic nitrogens is 2. The molecule has 142 valence electrons. The third-order valence-electron chi connectivity index (χ3n) is 4.37. The van der Waals surface area contributed by atoms with E-state index in [1.54, 1.807) is 12.1 Å². The van der Waals surface area contributed by atoms with E-state index < -0.39 is 0 Å². The van der Waals surface area contributed by atoms with Gasteiger partial charge in [0.05, 0.1) is 17.0 Å². The summed E-state index contributed by atoms with van der Waals surface area (Å²) in [5.74, 6) is -0.00710. The summed E-state index contributed by atoms with van der Waals surface area (Å²) in [5.41, 5.74) is 2.85. The highest BCUT2D eigenvalue weighted by atomic mass is 32.2. The van der Waals surface area contributed by atoms with Crippen LogP contribution in [0.4, 0.5) is 5.69 Å². The predicted octanol–water partition coefficient (Wildman–Crippen LogP) is 3.45. The van der Waals surface area contributed by atoms with Crippen molar-refractivity contribution < 1.29 is 9.59 Å². The standard InChI is InChI=1S/C20H24N4O2S/c1-14-12-15(2)22-20(21-14)27-13-18(25)23-17-9-5-4-8-16(17)19(26)24-10-6-3-7-11-24/h4-5,8-9,12H,3,6-7,10-11,13H2,1-2H3,(H,23,25). The van der Waals surface area contributed by atoms with Gasteiger partial charge in [0, 0.05) is 24.5 Å². The smallest absolute Gasteiger partial charge is 0.255 e. The van der Waals surface area contributed by atoms with E-state index in [2.05, 4.69) is 15.3 Å². The summed E-state index contributed by atoms with van der Waals surface area (Å²) in [6, 6.07) is 9.08. The number of hydrogen-bond acceptors (Lipinski definition) is 5. The lowest BCUT2D eigenvalue weighted by Crippen LogP contribution is -2.36. The van der Waals surface area contributed by atoms with Crippen molar-refractivity contribution in [1.82, 2.24) is 14.9 Å². The number of nitrogens with zero attached hydrogens (tertiary/aromatic N) is 3. The molecule has 1 aromatic heterocycles. The molecular formula is C20H24N4O2S. The van der Waals surface area contributed by atoms with E-state index in [9.17, 15) is 9.59 Å². The lowest BCUT2D eigenvalue weighted by Gasteiger charge is -2.27. The molecule has 7 heteroatoms. The summed E-state index contributed by atoms with van der Waals surface area (Å²) in [4.78, 5) is 35.7. The van der Waals surface area contributed by atoms with Gasteiger partial charge in [0.25, 0.3) is 5.91 Å². The van der Waals surface area contributed by atoms with E-state index >= 15 is 0 Å². The van der Waals surface area contributed by atoms with Crippen molar-refractivity contribution in [1.29, 1.82) is 0 Å². The monoisotopic (exact) mass is 384 g/mol. The molecule has 0 bridgehead atoms. The van der Waals surface area contributed by atoms with Crippen LogP contribution in [0.1, 0.15) is 41.0 Å². The van der Waals surface area contributed by atoms with Gasteiger partial charge in [-0.1, -0.05) is 23.9 Å². The van der Waals surface area contributed by atoms with Gasteiger partial charge in [0.15, 0.2) is 5.16 Å². The van der Waals surface area contributed by atoms with Gasteiger partial charge in [0.1, 0.15) is 0 Å². The van der Waals surface area contributed by atoms with Crippen molar-refractivity contribution in [2.45, 2.75) is 38.3 Å². The maximum absolute atomic E-state index is 12.8. The van der Waals surface area contributed by atoms with Gasteiger partial charge in [-0.3, -0.25) is 9.59 Å². The van der Waals surface area contributed by atoms with Gasteiger partial charge in [-0.15, -0.1) is 0 Å². The molecule has 3 rings (SSSR count). The van der Waals surface area contributed by atoms with Crippen LogP contribution in [0.3, 0.4) is 0 Å². The normalized spacial score (nSPS) is 14.1. The maximum Gasteiger partial charge on any atom is 0.255 e. The van der Waals surface area contributed by atoms with Crippen LogP contribution in [-0.2, 0) is 4.79 Å². The first-order valence-corrected chi connectivity index (χ1v) is 10.1. The van der Waals surface area contributed by atoms with E-state index in [1.165, 1.54) is 18.2 Å². The second kappa shape index (κ2) is 8.99. The molecule has 2 aromatic rings. The number of benzene rings is 1. The maximum atomic E-state index is 12.8. The molecule has 1 N–H and O–H groups in total. The molecular weight excluding hydrogens is 360 g/mol. The molecule has 1 aromatic carbocycles. The third-order valence-corrected chi connectivity index (χ3v) is 5.22. The SMILES string of the molecule is Cc1cc(C)nc(SCC(=O)Nc2ccccc2C(=O)N2CCCCC2)n1. The van der Waals surface area contributed by atoms with Gasteiger partial charge in [-0.05, 0) is 51.3 Å². The zero-order valence-electron chi connectivity index (χ0n) is 15.7. The number of likely N-dealkylation sites (tertiary alicyclic amines) is 1. The van der Waals surface area contributed by atoms with Crippen LogP contribution in [0, 0.1) is 13.8 Å². The molecule has 0 unspecified atom stereocenters. The number of anilines is 1. The van der Waals surface area contributed by atoms with Crippen molar-refractivity contribution >= 4 is 29.3 Å². The molecule has 0 spiro atoms. The Kier molecular flexibility index (Phi) is 6.45. The minimum Gasteiger partial charge on any atom is -0.339 e. The highest BCUT2D eigenvalue weighted by molar-refractivity contribution is 7.99. The fourth-order valence-corrected chi connectivity index (χ4v) is 3.87. The van der Waals surface area contributed by atoms with Gasteiger partial charge in [-0.2, -0.15) is 0 Å². The number of para-hydroxylation sites is 1. The molecule has 2 heterocycles. The lowest BCUT2D eigenvalue weighted by molar-refractivity contribution is -0.113. The van der Waals surface area contributed by atoms with Crippen molar-refractivity contribution in [3.05, 3.63) is 47.3 Å². The number of rotatable bonds is 5. The second-order valence-electron chi connectivity index (χ2n) is 6.67. The number of piperidine rings is 1. The van der Waals surface area contributed by atoms with Crippen molar-refractivity contribution in [3.63, 3.8) is 0 Å². The molecule has 0 atom stereocenters. The van der Waals surface area contributed by atoms with Gasteiger partial charge < -0.3 is 10.2 Å². The highest BCUT2D eigenvalue weighted by Crippen LogP contribution is 2.21. The van der Waals surface area contributed by atoms with Crippen molar-refractivity contribution in [2.75, 3.05) is 24.2 Å². The molecule has 6 nitrogen and oxygen atoms in total. The number of hydrogen-bond donors (Lipinski definition) is 1. The Bertz CT molecular complexity index is 814. The summed E-state index contributed by atoms with van der Waals surface area (Å²) in [7, 11) is 0. The van der Waals surface area contributed by atoms with Crippen LogP contribution in [0.5, 0.6) is 0 Å². The Hall–Kier alpha value is -2.41. The molecule has 0 saturated carbocycles. The molecule has 1 aliphatic rings. The molecule has 1 fully saturated rings. The van der Waals surface area contributed by atoms with Crippen LogP contribution in [-0.4, -0.2) is 45.5 Å². The van der Waals surface area contributed by atoms with E-state index in [0.717, 1.165) is 37.3 Å². The topological polar surface area (TPSA) is 75.2 Å². The number of carbonyl (C=O) groups excluding carboxylic acids is 2. The highest BCUT2D eigenvalue weighted by Gasteiger charge is 2.21. The van der Waals surface area contributed by atoms with Crippen LogP contribution in [0.15, 0.2) is 35.5 Å². The van der Waals surface area contributed by atoms with Crippen LogP contribution in [0.25, 0.3) is 0 Å².